The Labute approximate surface area is 48.3 Å². The quantitative estimate of drug-likeness (QED) is 0.571. The highest BCUT2D eigenvalue weighted by Gasteiger charge is 1.97. The van der Waals surface area contributed by atoms with Gasteiger partial charge in [0.2, 0.25) is 4.67 Å². The summed E-state index contributed by atoms with van der Waals surface area (Å²) in [7, 11) is 0. The molecule has 0 amide bonds. The van der Waals surface area contributed by atoms with E-state index < -0.39 is 5.82 Å². The molecule has 0 N–H and O–H groups in total. The van der Waals surface area contributed by atoms with Crippen molar-refractivity contribution >= 4 is 15.9 Å². The van der Waals surface area contributed by atoms with Crippen molar-refractivity contribution in [2.45, 2.75) is 0 Å². The molecule has 1 aromatic heterocycles. The second-order valence-electron chi connectivity index (χ2n) is 0.968. The Hall–Kier alpha value is -0.310. The van der Waals surface area contributed by atoms with E-state index in [1.165, 1.54) is 0 Å². The van der Waals surface area contributed by atoms with Gasteiger partial charge in [0.05, 0.1) is 6.07 Å². The van der Waals surface area contributed by atoms with Crippen LogP contribution in [0, 0.1) is 11.9 Å². The van der Waals surface area contributed by atoms with Gasteiger partial charge < -0.3 is 4.42 Å². The summed E-state index contributed by atoms with van der Waals surface area (Å²) in [6.07, 6.45) is 1.15. The lowest BCUT2D eigenvalue weighted by Gasteiger charge is -1.72. The van der Waals surface area contributed by atoms with Gasteiger partial charge in [-0.25, -0.2) is 4.39 Å². The van der Waals surface area contributed by atoms with Gasteiger partial charge >= 0.3 is 0 Å². The lowest BCUT2D eigenvalue weighted by molar-refractivity contribution is 0.504. The van der Waals surface area contributed by atoms with Crippen LogP contribution in [0.15, 0.2) is 15.3 Å². The second-order valence-corrected chi connectivity index (χ2v) is 1.69. The summed E-state index contributed by atoms with van der Waals surface area (Å²) in [4.78, 5) is 0. The van der Waals surface area contributed by atoms with Gasteiger partial charge in [-0.15, -0.1) is 0 Å². The highest BCUT2D eigenvalue weighted by Crippen LogP contribution is 2.13. The Bertz CT molecular complexity index is 144. The molecule has 0 aliphatic rings. The van der Waals surface area contributed by atoms with Crippen molar-refractivity contribution in [2.24, 2.45) is 0 Å². The van der Waals surface area contributed by atoms with Crippen molar-refractivity contribution in [3.05, 3.63) is 22.8 Å². The second kappa shape index (κ2) is 1.66. The molecule has 7 heavy (non-hydrogen) atoms. The molecule has 0 aromatic carbocycles. The fourth-order valence-corrected chi connectivity index (χ4v) is 0.449. The molecule has 3 heteroatoms. The molecular formula is C4HBrFO. The van der Waals surface area contributed by atoms with Crippen LogP contribution in [0.25, 0.3) is 0 Å². The molecule has 1 rings (SSSR count). The molecule has 1 radical (unpaired) electrons. The molecule has 0 saturated heterocycles. The first-order valence-electron chi connectivity index (χ1n) is 1.61. The van der Waals surface area contributed by atoms with Crippen LogP contribution in [0.1, 0.15) is 0 Å². The lowest BCUT2D eigenvalue weighted by Crippen LogP contribution is -1.58. The zero-order chi connectivity index (χ0) is 5.28. The van der Waals surface area contributed by atoms with Gasteiger partial charge in [0, 0.05) is 0 Å². The van der Waals surface area contributed by atoms with Gasteiger partial charge in [-0.05, 0) is 15.9 Å². The third kappa shape index (κ3) is 0.825. The zero-order valence-corrected chi connectivity index (χ0v) is 4.83. The topological polar surface area (TPSA) is 13.1 Å². The maximum Gasteiger partial charge on any atom is 0.205 e. The number of rotatable bonds is 0. The number of furan rings is 1. The fourth-order valence-electron chi connectivity index (χ4n) is 0.241. The van der Waals surface area contributed by atoms with Gasteiger partial charge in [0.25, 0.3) is 0 Å². The first-order chi connectivity index (χ1) is 3.30. The van der Waals surface area contributed by atoms with Crippen molar-refractivity contribution in [2.75, 3.05) is 0 Å². The van der Waals surface area contributed by atoms with E-state index in [0.29, 0.717) is 0 Å². The van der Waals surface area contributed by atoms with Gasteiger partial charge in [0.15, 0.2) is 5.82 Å². The monoisotopic (exact) mass is 163 g/mol. The SMILES string of the molecule is Fc1[c]coc1Br. The summed E-state index contributed by atoms with van der Waals surface area (Å²) < 4.78 is 16.4. The summed E-state index contributed by atoms with van der Waals surface area (Å²) in [5.74, 6) is -0.486. The first-order valence-corrected chi connectivity index (χ1v) is 2.40. The van der Waals surface area contributed by atoms with Crippen LogP contribution >= 0.6 is 15.9 Å². The Morgan fingerprint density at radius 2 is 2.57 bits per heavy atom. The molecule has 0 aliphatic carbocycles. The molecule has 1 heterocycles. The summed E-state index contributed by atoms with van der Waals surface area (Å²) in [5, 5.41) is 0. The van der Waals surface area contributed by atoms with E-state index >= 15 is 0 Å². The van der Waals surface area contributed by atoms with Gasteiger partial charge in [0.1, 0.15) is 6.26 Å². The summed E-state index contributed by atoms with van der Waals surface area (Å²) in [6, 6.07) is 2.19. The van der Waals surface area contributed by atoms with Crippen molar-refractivity contribution in [1.82, 2.24) is 0 Å². The van der Waals surface area contributed by atoms with Crippen LogP contribution in [-0.2, 0) is 0 Å². The van der Waals surface area contributed by atoms with E-state index in [2.05, 4.69) is 26.4 Å². The molecule has 0 saturated carbocycles. The van der Waals surface area contributed by atoms with Crippen LogP contribution < -0.4 is 0 Å². The standard InChI is InChI=1S/C4HBrFO/c5-4-3(6)1-2-7-4/h2H. The number of hydrogen-bond donors (Lipinski definition) is 0. The lowest BCUT2D eigenvalue weighted by atomic mass is 10.6. The highest BCUT2D eigenvalue weighted by molar-refractivity contribution is 9.10. The fraction of sp³-hybridized carbons (Fsp3) is 0. The molecular weight excluding hydrogens is 163 g/mol. The largest absolute Gasteiger partial charge is 0.454 e. The van der Waals surface area contributed by atoms with E-state index in [4.69, 9.17) is 0 Å². The molecule has 0 aliphatic heterocycles. The average molecular weight is 164 g/mol. The number of hydrogen-bond acceptors (Lipinski definition) is 1. The van der Waals surface area contributed by atoms with Crippen LogP contribution in [0.5, 0.6) is 0 Å². The molecule has 0 spiro atoms. The van der Waals surface area contributed by atoms with E-state index in [9.17, 15) is 4.39 Å². The summed E-state index contributed by atoms with van der Waals surface area (Å²) >= 11 is 2.79. The summed E-state index contributed by atoms with van der Waals surface area (Å²) in [5.41, 5.74) is 0. The van der Waals surface area contributed by atoms with Gasteiger partial charge in [-0.2, -0.15) is 0 Å². The Morgan fingerprint density at radius 3 is 2.71 bits per heavy atom. The Balaban J connectivity index is 3.12. The molecule has 37 valence electrons. The minimum absolute atomic E-state index is 0.104. The molecule has 0 fully saturated rings. The molecule has 1 nitrogen and oxygen atoms in total. The predicted octanol–water partition coefficient (Wildman–Crippen LogP) is 1.98. The maximum absolute atomic E-state index is 11.9. The predicted molar refractivity (Wildman–Crippen MR) is 25.2 cm³/mol. The normalized spacial score (nSPS) is 9.43. The molecule has 0 atom stereocenters. The Morgan fingerprint density at radius 1 is 1.86 bits per heavy atom. The van der Waals surface area contributed by atoms with E-state index in [-0.39, 0.29) is 4.67 Å². The van der Waals surface area contributed by atoms with E-state index in [1.54, 1.807) is 0 Å². The molecule has 0 unspecified atom stereocenters. The zero-order valence-electron chi connectivity index (χ0n) is 3.24. The minimum atomic E-state index is -0.486. The van der Waals surface area contributed by atoms with E-state index in [1.807, 2.05) is 0 Å². The van der Waals surface area contributed by atoms with Crippen LogP contribution in [0.2, 0.25) is 0 Å². The van der Waals surface area contributed by atoms with Crippen LogP contribution in [0.3, 0.4) is 0 Å². The third-order valence-corrected chi connectivity index (χ3v) is 1.06. The van der Waals surface area contributed by atoms with Crippen molar-refractivity contribution in [3.8, 4) is 0 Å². The van der Waals surface area contributed by atoms with Crippen molar-refractivity contribution in [3.63, 3.8) is 0 Å². The smallest absolute Gasteiger partial charge is 0.205 e. The molecule has 1 aromatic rings. The van der Waals surface area contributed by atoms with Gasteiger partial charge in [-0.3, -0.25) is 0 Å². The first kappa shape index (κ1) is 4.84. The average Bonchev–Trinajstić information content (AvgIpc) is 1.91. The van der Waals surface area contributed by atoms with Gasteiger partial charge in [-0.1, -0.05) is 0 Å². The number of halogens is 2. The maximum atomic E-state index is 11.9. The third-order valence-electron chi connectivity index (χ3n) is 0.521. The van der Waals surface area contributed by atoms with Crippen molar-refractivity contribution in [1.29, 1.82) is 0 Å². The Kier molecular flexibility index (Phi) is 1.15. The van der Waals surface area contributed by atoms with E-state index in [0.717, 1.165) is 6.26 Å². The van der Waals surface area contributed by atoms with Crippen LogP contribution in [-0.4, -0.2) is 0 Å². The summed E-state index contributed by atoms with van der Waals surface area (Å²) in [6.45, 7) is 0. The molecule has 0 bridgehead atoms. The highest BCUT2D eigenvalue weighted by atomic mass is 79.9. The van der Waals surface area contributed by atoms with Crippen molar-refractivity contribution < 1.29 is 8.81 Å². The minimum Gasteiger partial charge on any atom is -0.454 e. The van der Waals surface area contributed by atoms with Crippen LogP contribution in [0.4, 0.5) is 4.39 Å².